The minimum absolute atomic E-state index is 0.110. The molecule has 1 N–H and O–H groups in total. The van der Waals surface area contributed by atoms with Crippen molar-refractivity contribution in [2.45, 2.75) is 13.8 Å². The average Bonchev–Trinajstić information content (AvgIpc) is 3.13. The van der Waals surface area contributed by atoms with Crippen LogP contribution in [0.3, 0.4) is 0 Å². The van der Waals surface area contributed by atoms with Crippen LogP contribution in [0.1, 0.15) is 11.1 Å². The zero-order valence-electron chi connectivity index (χ0n) is 17.5. The fraction of sp³-hybridized carbons (Fsp3) is 0.115. The number of para-hydroxylation sites is 1. The van der Waals surface area contributed by atoms with Gasteiger partial charge in [-0.3, -0.25) is 4.79 Å². The van der Waals surface area contributed by atoms with Crippen molar-refractivity contribution in [3.8, 4) is 11.1 Å². The van der Waals surface area contributed by atoms with E-state index in [9.17, 15) is 4.79 Å². The van der Waals surface area contributed by atoms with Crippen molar-refractivity contribution < 1.29 is 4.42 Å². The zero-order valence-corrected chi connectivity index (χ0v) is 18.2. The molecule has 5 rings (SSSR count). The molecule has 0 fully saturated rings. The average molecular weight is 429 g/mol. The second-order valence-electron chi connectivity index (χ2n) is 7.85. The van der Waals surface area contributed by atoms with E-state index in [2.05, 4.69) is 18.3 Å². The van der Waals surface area contributed by atoms with Crippen molar-refractivity contribution in [2.75, 3.05) is 5.32 Å². The molecule has 2 heterocycles. The number of hydrogen-bond acceptors (Lipinski definition) is 3. The summed E-state index contributed by atoms with van der Waals surface area (Å²) in [4.78, 5) is 13.4. The Morgan fingerprint density at radius 3 is 2.55 bits per heavy atom. The van der Waals surface area contributed by atoms with Gasteiger partial charge < -0.3 is 14.3 Å². The number of aryl methyl sites for hydroxylation is 3. The predicted molar refractivity (Wildman–Crippen MR) is 129 cm³/mol. The lowest BCUT2D eigenvalue weighted by atomic mass is 10.0. The van der Waals surface area contributed by atoms with E-state index in [1.54, 1.807) is 11.6 Å². The second kappa shape index (κ2) is 7.33. The van der Waals surface area contributed by atoms with Gasteiger partial charge in [0.25, 0.3) is 5.56 Å². The van der Waals surface area contributed by atoms with Gasteiger partial charge in [0, 0.05) is 23.1 Å². The highest BCUT2D eigenvalue weighted by atomic mass is 35.5. The number of hydrogen-bond donors (Lipinski definition) is 1. The van der Waals surface area contributed by atoms with Crippen LogP contribution in [-0.4, -0.2) is 4.57 Å². The lowest BCUT2D eigenvalue weighted by Crippen LogP contribution is -2.17. The Hall–Kier alpha value is -3.50. The third-order valence-electron chi connectivity index (χ3n) is 5.68. The van der Waals surface area contributed by atoms with Gasteiger partial charge in [-0.1, -0.05) is 53.6 Å². The summed E-state index contributed by atoms with van der Waals surface area (Å²) in [5.74, 6) is 0.526. The van der Waals surface area contributed by atoms with Crippen molar-refractivity contribution in [3.05, 3.63) is 93.2 Å². The first-order valence-electron chi connectivity index (χ1n) is 10.1. The Morgan fingerprint density at radius 2 is 1.77 bits per heavy atom. The predicted octanol–water partition coefficient (Wildman–Crippen LogP) is 6.97. The molecule has 0 amide bonds. The molecular formula is C26H21ClN2O2. The van der Waals surface area contributed by atoms with E-state index in [1.807, 2.05) is 67.6 Å². The fourth-order valence-corrected chi connectivity index (χ4v) is 4.33. The zero-order chi connectivity index (χ0) is 21.7. The minimum Gasteiger partial charge on any atom is -0.439 e. The molecule has 5 heteroatoms. The maximum absolute atomic E-state index is 13.4. The molecule has 0 bridgehead atoms. The number of anilines is 2. The molecule has 0 saturated carbocycles. The largest absolute Gasteiger partial charge is 0.439 e. The standard InChI is InChI=1S/C26H21ClN2O2/c1-15-11-12-20(16(2)13-15)28-25-22(17-7-6-8-18(27)14-17)23-24(31-25)19-9-4-5-10-21(19)29(3)26(23)30/h4-14,28H,1-3H3. The number of benzene rings is 3. The van der Waals surface area contributed by atoms with E-state index in [1.165, 1.54) is 5.56 Å². The van der Waals surface area contributed by atoms with E-state index >= 15 is 0 Å². The van der Waals surface area contributed by atoms with E-state index in [4.69, 9.17) is 16.0 Å². The van der Waals surface area contributed by atoms with Gasteiger partial charge in [-0.05, 0) is 55.3 Å². The van der Waals surface area contributed by atoms with Crippen LogP contribution in [0.25, 0.3) is 33.0 Å². The lowest BCUT2D eigenvalue weighted by Gasteiger charge is -2.10. The van der Waals surface area contributed by atoms with Crippen molar-refractivity contribution in [2.24, 2.45) is 7.05 Å². The van der Waals surface area contributed by atoms with Crippen molar-refractivity contribution in [1.82, 2.24) is 4.57 Å². The van der Waals surface area contributed by atoms with Gasteiger partial charge in [0.2, 0.25) is 5.88 Å². The second-order valence-corrected chi connectivity index (χ2v) is 8.28. The number of pyridine rings is 1. The lowest BCUT2D eigenvalue weighted by molar-refractivity contribution is 0.637. The molecular weight excluding hydrogens is 408 g/mol. The highest BCUT2D eigenvalue weighted by molar-refractivity contribution is 6.31. The SMILES string of the molecule is Cc1ccc(Nc2oc3c(c2-c2cccc(Cl)c2)c(=O)n(C)c2ccccc32)c(C)c1. The summed E-state index contributed by atoms with van der Waals surface area (Å²) in [6.45, 7) is 4.11. The highest BCUT2D eigenvalue weighted by Gasteiger charge is 2.23. The minimum atomic E-state index is -0.110. The van der Waals surface area contributed by atoms with Crippen LogP contribution in [-0.2, 0) is 7.05 Å². The van der Waals surface area contributed by atoms with Crippen LogP contribution >= 0.6 is 11.6 Å². The normalized spacial score (nSPS) is 11.4. The third-order valence-corrected chi connectivity index (χ3v) is 5.92. The molecule has 0 saturated heterocycles. The Balaban J connectivity index is 1.88. The Labute approximate surface area is 184 Å². The summed E-state index contributed by atoms with van der Waals surface area (Å²) < 4.78 is 8.03. The van der Waals surface area contributed by atoms with E-state index in [0.717, 1.165) is 27.7 Å². The smallest absolute Gasteiger partial charge is 0.262 e. The van der Waals surface area contributed by atoms with Gasteiger partial charge in [0.05, 0.1) is 16.5 Å². The molecule has 0 aliphatic heterocycles. The van der Waals surface area contributed by atoms with Gasteiger partial charge in [-0.15, -0.1) is 0 Å². The molecule has 5 aromatic rings. The first-order chi connectivity index (χ1) is 14.9. The highest BCUT2D eigenvalue weighted by Crippen LogP contribution is 2.41. The van der Waals surface area contributed by atoms with E-state index in [0.29, 0.717) is 27.4 Å². The van der Waals surface area contributed by atoms with Crippen LogP contribution in [0, 0.1) is 13.8 Å². The van der Waals surface area contributed by atoms with Gasteiger partial charge in [-0.25, -0.2) is 0 Å². The monoisotopic (exact) mass is 428 g/mol. The number of nitrogens with zero attached hydrogens (tertiary/aromatic N) is 1. The number of aromatic nitrogens is 1. The number of furan rings is 1. The van der Waals surface area contributed by atoms with E-state index in [-0.39, 0.29) is 5.56 Å². The number of nitrogens with one attached hydrogen (secondary N) is 1. The summed E-state index contributed by atoms with van der Waals surface area (Å²) >= 11 is 6.30. The summed E-state index contributed by atoms with van der Waals surface area (Å²) in [5, 5.41) is 5.45. The first-order valence-corrected chi connectivity index (χ1v) is 10.5. The van der Waals surface area contributed by atoms with Crippen LogP contribution in [0.4, 0.5) is 11.6 Å². The molecule has 4 nitrogen and oxygen atoms in total. The summed E-state index contributed by atoms with van der Waals surface area (Å²) in [7, 11) is 1.79. The van der Waals surface area contributed by atoms with Crippen LogP contribution < -0.4 is 10.9 Å². The molecule has 154 valence electrons. The quantitative estimate of drug-likeness (QED) is 0.337. The van der Waals surface area contributed by atoms with Crippen LogP contribution in [0.2, 0.25) is 5.02 Å². The molecule has 0 spiro atoms. The maximum Gasteiger partial charge on any atom is 0.262 e. The molecule has 0 aliphatic carbocycles. The summed E-state index contributed by atoms with van der Waals surface area (Å²) in [6.07, 6.45) is 0. The molecule has 0 radical (unpaired) electrons. The van der Waals surface area contributed by atoms with Crippen LogP contribution in [0.5, 0.6) is 0 Å². The first kappa shape index (κ1) is 19.5. The van der Waals surface area contributed by atoms with Gasteiger partial charge >= 0.3 is 0 Å². The molecule has 0 aliphatic rings. The molecule has 3 aromatic carbocycles. The van der Waals surface area contributed by atoms with Gasteiger partial charge in [0.15, 0.2) is 5.58 Å². The Morgan fingerprint density at radius 1 is 0.968 bits per heavy atom. The van der Waals surface area contributed by atoms with Gasteiger partial charge in [0.1, 0.15) is 0 Å². The fourth-order valence-electron chi connectivity index (χ4n) is 4.14. The van der Waals surface area contributed by atoms with Crippen molar-refractivity contribution in [1.29, 1.82) is 0 Å². The Kier molecular flexibility index (Phi) is 4.60. The summed E-state index contributed by atoms with van der Waals surface area (Å²) in [6, 6.07) is 21.4. The van der Waals surface area contributed by atoms with Crippen LogP contribution in [0.15, 0.2) is 75.9 Å². The van der Waals surface area contributed by atoms with Crippen molar-refractivity contribution >= 4 is 45.0 Å². The number of rotatable bonds is 3. The topological polar surface area (TPSA) is 47.2 Å². The summed E-state index contributed by atoms with van der Waals surface area (Å²) in [5.41, 5.74) is 6.02. The molecule has 0 atom stereocenters. The number of fused-ring (bicyclic) bond motifs is 3. The molecule has 0 unspecified atom stereocenters. The maximum atomic E-state index is 13.4. The van der Waals surface area contributed by atoms with Gasteiger partial charge in [-0.2, -0.15) is 0 Å². The molecule has 2 aromatic heterocycles. The number of halogens is 1. The van der Waals surface area contributed by atoms with Crippen molar-refractivity contribution in [3.63, 3.8) is 0 Å². The molecule has 31 heavy (non-hydrogen) atoms. The van der Waals surface area contributed by atoms with E-state index < -0.39 is 0 Å². The third kappa shape index (κ3) is 3.20. The Bertz CT molecular complexity index is 1530.